The number of hydrogen-bond donors (Lipinski definition) is 2. The molecular formula is C19H32N6O4S. The molecular weight excluding hydrogens is 408 g/mol. The molecule has 0 radical (unpaired) electrons. The van der Waals surface area contributed by atoms with Gasteiger partial charge in [0.15, 0.2) is 5.16 Å². The minimum Gasteiger partial charge on any atom is -0.378 e. The number of morpholine rings is 1. The molecule has 2 aliphatic heterocycles. The summed E-state index contributed by atoms with van der Waals surface area (Å²) in [6.45, 7) is 11.5. The number of imide groups is 1. The van der Waals surface area contributed by atoms with Crippen LogP contribution in [0.3, 0.4) is 0 Å². The number of nitrogens with zero attached hydrogens (tertiary/aromatic N) is 4. The van der Waals surface area contributed by atoms with E-state index in [0.717, 1.165) is 38.5 Å². The molecule has 168 valence electrons. The topological polar surface area (TPSA) is 111 Å². The molecule has 2 unspecified atom stereocenters. The van der Waals surface area contributed by atoms with Gasteiger partial charge in [-0.05, 0) is 40.5 Å². The summed E-state index contributed by atoms with van der Waals surface area (Å²) in [7, 11) is 0. The second-order valence-corrected chi connectivity index (χ2v) is 9.89. The quantitative estimate of drug-likeness (QED) is 0.639. The van der Waals surface area contributed by atoms with Crippen molar-refractivity contribution in [2.24, 2.45) is 0 Å². The third kappa shape index (κ3) is 6.32. The minimum atomic E-state index is -0.513. The Morgan fingerprint density at radius 1 is 1.23 bits per heavy atom. The first-order valence-electron chi connectivity index (χ1n) is 10.4. The summed E-state index contributed by atoms with van der Waals surface area (Å²) in [5.41, 5.74) is -0.421. The van der Waals surface area contributed by atoms with Crippen molar-refractivity contribution in [3.8, 4) is 0 Å². The van der Waals surface area contributed by atoms with Crippen LogP contribution in [0.15, 0.2) is 5.16 Å². The van der Waals surface area contributed by atoms with E-state index < -0.39 is 16.8 Å². The lowest BCUT2D eigenvalue weighted by atomic mass is 10.1. The van der Waals surface area contributed by atoms with E-state index in [1.807, 2.05) is 25.3 Å². The maximum absolute atomic E-state index is 12.5. The lowest BCUT2D eigenvalue weighted by molar-refractivity contribution is -0.119. The van der Waals surface area contributed by atoms with Gasteiger partial charge in [-0.2, -0.15) is 0 Å². The van der Waals surface area contributed by atoms with Gasteiger partial charge in [0, 0.05) is 25.2 Å². The summed E-state index contributed by atoms with van der Waals surface area (Å²) in [5, 5.41) is 14.0. The Hall–Kier alpha value is -1.85. The van der Waals surface area contributed by atoms with Gasteiger partial charge in [0.2, 0.25) is 11.9 Å². The Bertz CT molecular complexity index is 738. The van der Waals surface area contributed by atoms with E-state index in [1.165, 1.54) is 11.8 Å². The third-order valence-corrected chi connectivity index (χ3v) is 5.86. The molecule has 0 aromatic carbocycles. The third-order valence-electron chi connectivity index (χ3n) is 4.78. The molecule has 0 aliphatic carbocycles. The first-order valence-corrected chi connectivity index (χ1v) is 11.3. The molecule has 0 saturated carbocycles. The SMILES string of the molecule is CC(Sc1nnc(N2CCOCC2)n1CC1CCCO1)C(=O)NC(=O)NC(C)(C)C. The van der Waals surface area contributed by atoms with E-state index in [9.17, 15) is 9.59 Å². The molecule has 1 aromatic rings. The van der Waals surface area contributed by atoms with Crippen molar-refractivity contribution in [1.29, 1.82) is 0 Å². The molecule has 30 heavy (non-hydrogen) atoms. The zero-order valence-corrected chi connectivity index (χ0v) is 19.0. The van der Waals surface area contributed by atoms with Crippen LogP contribution in [0.1, 0.15) is 40.5 Å². The average molecular weight is 441 g/mol. The van der Waals surface area contributed by atoms with Gasteiger partial charge in [-0.1, -0.05) is 11.8 Å². The van der Waals surface area contributed by atoms with Crippen LogP contribution in [0.25, 0.3) is 0 Å². The van der Waals surface area contributed by atoms with E-state index in [0.29, 0.717) is 24.9 Å². The van der Waals surface area contributed by atoms with Gasteiger partial charge in [0.25, 0.3) is 0 Å². The fraction of sp³-hybridized carbons (Fsp3) is 0.789. The van der Waals surface area contributed by atoms with Gasteiger partial charge in [-0.15, -0.1) is 10.2 Å². The summed E-state index contributed by atoms with van der Waals surface area (Å²) >= 11 is 1.29. The number of urea groups is 1. The van der Waals surface area contributed by atoms with Gasteiger partial charge in [0.1, 0.15) is 0 Å². The Morgan fingerprint density at radius 3 is 2.60 bits per heavy atom. The predicted molar refractivity (Wildman–Crippen MR) is 114 cm³/mol. The summed E-state index contributed by atoms with van der Waals surface area (Å²) in [6.07, 6.45) is 2.15. The second kappa shape index (κ2) is 9.97. The number of thioether (sulfide) groups is 1. The van der Waals surface area contributed by atoms with Crippen LogP contribution in [0.4, 0.5) is 10.7 Å². The molecule has 3 heterocycles. The fourth-order valence-corrected chi connectivity index (χ4v) is 4.17. The summed E-state index contributed by atoms with van der Waals surface area (Å²) in [4.78, 5) is 26.7. The minimum absolute atomic E-state index is 0.113. The molecule has 2 fully saturated rings. The highest BCUT2D eigenvalue weighted by Crippen LogP contribution is 2.28. The zero-order valence-electron chi connectivity index (χ0n) is 18.1. The molecule has 2 saturated heterocycles. The summed E-state index contributed by atoms with van der Waals surface area (Å²) < 4.78 is 13.3. The number of ether oxygens (including phenoxy) is 2. The van der Waals surface area contributed by atoms with E-state index in [-0.39, 0.29) is 12.0 Å². The Morgan fingerprint density at radius 2 is 1.97 bits per heavy atom. The highest BCUT2D eigenvalue weighted by Gasteiger charge is 2.27. The Kier molecular flexibility index (Phi) is 7.59. The zero-order chi connectivity index (χ0) is 21.7. The number of nitrogens with one attached hydrogen (secondary N) is 2. The van der Waals surface area contributed by atoms with Crippen molar-refractivity contribution in [3.05, 3.63) is 0 Å². The van der Waals surface area contributed by atoms with Gasteiger partial charge in [-0.25, -0.2) is 4.79 Å². The lowest BCUT2D eigenvalue weighted by Gasteiger charge is -2.28. The van der Waals surface area contributed by atoms with Crippen molar-refractivity contribution >= 4 is 29.6 Å². The number of anilines is 1. The molecule has 1 aromatic heterocycles. The monoisotopic (exact) mass is 440 g/mol. The van der Waals surface area contributed by atoms with Gasteiger partial charge < -0.3 is 19.7 Å². The lowest BCUT2D eigenvalue weighted by Crippen LogP contribution is -2.49. The maximum atomic E-state index is 12.5. The molecule has 2 atom stereocenters. The molecule has 3 amide bonds. The molecule has 10 nitrogen and oxygen atoms in total. The van der Waals surface area contributed by atoms with Crippen molar-refractivity contribution in [3.63, 3.8) is 0 Å². The van der Waals surface area contributed by atoms with Crippen molar-refractivity contribution in [2.75, 3.05) is 37.8 Å². The molecule has 3 rings (SSSR count). The van der Waals surface area contributed by atoms with Crippen LogP contribution in [-0.2, 0) is 20.8 Å². The number of hydrogen-bond acceptors (Lipinski definition) is 8. The van der Waals surface area contributed by atoms with Crippen molar-refractivity contribution < 1.29 is 19.1 Å². The second-order valence-electron chi connectivity index (χ2n) is 8.58. The largest absolute Gasteiger partial charge is 0.378 e. The van der Waals surface area contributed by atoms with Crippen LogP contribution in [-0.4, -0.2) is 76.5 Å². The summed E-state index contributed by atoms with van der Waals surface area (Å²) in [5.74, 6) is 0.399. The smallest absolute Gasteiger partial charge is 0.321 e. The van der Waals surface area contributed by atoms with Gasteiger partial charge >= 0.3 is 6.03 Å². The van der Waals surface area contributed by atoms with Crippen molar-refractivity contribution in [1.82, 2.24) is 25.4 Å². The number of amides is 3. The number of rotatable bonds is 6. The Balaban J connectivity index is 1.69. The Labute approximate surface area is 181 Å². The molecule has 0 spiro atoms. The average Bonchev–Trinajstić information content (AvgIpc) is 3.32. The summed E-state index contributed by atoms with van der Waals surface area (Å²) in [6, 6.07) is -0.505. The maximum Gasteiger partial charge on any atom is 0.321 e. The standard InChI is InChI=1S/C19H32N6O4S/c1-13(15(26)20-16(27)21-19(2,3)4)30-18-23-22-17(24-7-10-28-11-8-24)25(18)12-14-6-5-9-29-14/h13-14H,5-12H2,1-4H3,(H2,20,21,26,27). The van der Waals surface area contributed by atoms with Crippen LogP contribution < -0.4 is 15.5 Å². The highest BCUT2D eigenvalue weighted by atomic mass is 32.2. The van der Waals surface area contributed by atoms with Crippen LogP contribution in [0, 0.1) is 0 Å². The molecule has 2 aliphatic rings. The van der Waals surface area contributed by atoms with Crippen LogP contribution in [0.5, 0.6) is 0 Å². The van der Waals surface area contributed by atoms with Crippen LogP contribution >= 0.6 is 11.8 Å². The normalized spacial score (nSPS) is 20.8. The molecule has 11 heteroatoms. The number of carbonyl (C=O) groups is 2. The van der Waals surface area contributed by atoms with E-state index >= 15 is 0 Å². The predicted octanol–water partition coefficient (Wildman–Crippen LogP) is 1.40. The highest BCUT2D eigenvalue weighted by molar-refractivity contribution is 8.00. The number of carbonyl (C=O) groups excluding carboxylic acids is 2. The number of aromatic nitrogens is 3. The van der Waals surface area contributed by atoms with Crippen molar-refractivity contribution in [2.45, 2.75) is 69.1 Å². The molecule has 2 N–H and O–H groups in total. The fourth-order valence-electron chi connectivity index (χ4n) is 3.31. The first kappa shape index (κ1) is 22.8. The first-order chi connectivity index (χ1) is 14.2. The van der Waals surface area contributed by atoms with Crippen LogP contribution in [0.2, 0.25) is 0 Å². The van der Waals surface area contributed by atoms with E-state index in [2.05, 4.69) is 25.7 Å². The van der Waals surface area contributed by atoms with E-state index in [4.69, 9.17) is 9.47 Å². The molecule has 0 bridgehead atoms. The van der Waals surface area contributed by atoms with Gasteiger partial charge in [-0.3, -0.25) is 14.7 Å². The van der Waals surface area contributed by atoms with Gasteiger partial charge in [0.05, 0.1) is 31.1 Å². The van der Waals surface area contributed by atoms with E-state index in [1.54, 1.807) is 6.92 Å².